The lowest BCUT2D eigenvalue weighted by Crippen LogP contribution is -2.33. The summed E-state index contributed by atoms with van der Waals surface area (Å²) in [6, 6.07) is 7.04. The van der Waals surface area contributed by atoms with E-state index in [1.807, 2.05) is 0 Å². The van der Waals surface area contributed by atoms with Crippen LogP contribution < -0.4 is 5.56 Å². The van der Waals surface area contributed by atoms with Crippen LogP contribution in [-0.2, 0) is 6.42 Å². The molecule has 1 aromatic heterocycles. The smallest absolute Gasteiger partial charge is 0.270 e. The third kappa shape index (κ3) is 2.56. The number of aromatic nitrogens is 2. The molecule has 1 aromatic carbocycles. The maximum absolute atomic E-state index is 11.7. The summed E-state index contributed by atoms with van der Waals surface area (Å²) < 4.78 is 0. The summed E-state index contributed by atoms with van der Waals surface area (Å²) in [6.45, 7) is -0.563. The first-order valence-corrected chi connectivity index (χ1v) is 5.56. The molecule has 0 bridgehead atoms. The lowest BCUT2D eigenvalue weighted by atomic mass is 10.1. The van der Waals surface area contributed by atoms with E-state index in [1.54, 1.807) is 24.3 Å². The van der Waals surface area contributed by atoms with Crippen molar-refractivity contribution in [2.24, 2.45) is 0 Å². The molecule has 96 valence electrons. The van der Waals surface area contributed by atoms with E-state index in [0.717, 1.165) is 0 Å². The number of nitrogens with zero attached hydrogens (tertiary/aromatic N) is 1. The molecule has 0 saturated carbocycles. The number of H-pyrrole nitrogens is 1. The van der Waals surface area contributed by atoms with Gasteiger partial charge in [-0.1, -0.05) is 12.1 Å². The van der Waals surface area contributed by atoms with Crippen LogP contribution in [0.1, 0.15) is 5.69 Å². The molecule has 2 rings (SSSR count). The normalized spacial score (nSPS) is 14.6. The molecule has 0 radical (unpaired) electrons. The molecule has 6 heteroatoms. The van der Waals surface area contributed by atoms with Gasteiger partial charge in [0.1, 0.15) is 11.8 Å². The Bertz CT molecular complexity index is 596. The third-order valence-corrected chi connectivity index (χ3v) is 2.70. The van der Waals surface area contributed by atoms with E-state index in [0.29, 0.717) is 11.0 Å². The number of nitrogens with one attached hydrogen (secondary N) is 1. The zero-order valence-corrected chi connectivity index (χ0v) is 9.58. The van der Waals surface area contributed by atoms with Gasteiger partial charge in [-0.15, -0.1) is 0 Å². The Hall–Kier alpha value is -1.76. The predicted octanol–water partition coefficient (Wildman–Crippen LogP) is -0.820. The zero-order valence-electron chi connectivity index (χ0n) is 9.58. The number of fused-ring (bicyclic) bond motifs is 1. The molecule has 0 aliphatic heterocycles. The van der Waals surface area contributed by atoms with Gasteiger partial charge in [0.05, 0.1) is 23.7 Å². The molecule has 18 heavy (non-hydrogen) atoms. The maximum atomic E-state index is 11.7. The number of aliphatic hydroxyl groups excluding tert-OH is 3. The molecule has 0 saturated heterocycles. The summed E-state index contributed by atoms with van der Waals surface area (Å²) in [5, 5.41) is 27.5. The molecule has 2 atom stereocenters. The summed E-state index contributed by atoms with van der Waals surface area (Å²) in [7, 11) is 0. The monoisotopic (exact) mass is 250 g/mol. The van der Waals surface area contributed by atoms with Crippen molar-refractivity contribution in [1.29, 1.82) is 0 Å². The Morgan fingerprint density at radius 3 is 2.67 bits per heavy atom. The lowest BCUT2D eigenvalue weighted by Gasteiger charge is -2.14. The Morgan fingerprint density at radius 2 is 1.94 bits per heavy atom. The fourth-order valence-electron chi connectivity index (χ4n) is 1.66. The van der Waals surface area contributed by atoms with E-state index in [-0.39, 0.29) is 12.1 Å². The largest absolute Gasteiger partial charge is 0.394 e. The van der Waals surface area contributed by atoms with Crippen molar-refractivity contribution >= 4 is 11.0 Å². The van der Waals surface area contributed by atoms with E-state index in [2.05, 4.69) is 9.97 Å². The average Bonchev–Trinajstić information content (AvgIpc) is 2.38. The van der Waals surface area contributed by atoms with Crippen molar-refractivity contribution in [2.45, 2.75) is 18.6 Å². The van der Waals surface area contributed by atoms with E-state index in [9.17, 15) is 15.0 Å². The Balaban J connectivity index is 2.33. The van der Waals surface area contributed by atoms with Gasteiger partial charge in [-0.2, -0.15) is 0 Å². The van der Waals surface area contributed by atoms with Gasteiger partial charge in [0.2, 0.25) is 0 Å². The van der Waals surface area contributed by atoms with E-state index >= 15 is 0 Å². The summed E-state index contributed by atoms with van der Waals surface area (Å²) in [4.78, 5) is 18.5. The summed E-state index contributed by atoms with van der Waals surface area (Å²) in [6.07, 6.45) is -2.61. The van der Waals surface area contributed by atoms with Crippen molar-refractivity contribution in [3.05, 3.63) is 40.3 Å². The van der Waals surface area contributed by atoms with Gasteiger partial charge in [0.15, 0.2) is 0 Å². The highest BCUT2D eigenvalue weighted by Gasteiger charge is 2.18. The first-order valence-electron chi connectivity index (χ1n) is 5.56. The number of hydrogen-bond acceptors (Lipinski definition) is 5. The Kier molecular flexibility index (Phi) is 3.71. The minimum Gasteiger partial charge on any atom is -0.394 e. The second kappa shape index (κ2) is 5.26. The number of para-hydroxylation sites is 2. The molecule has 2 aromatic rings. The second-order valence-corrected chi connectivity index (χ2v) is 4.05. The third-order valence-electron chi connectivity index (χ3n) is 2.70. The van der Waals surface area contributed by atoms with Crippen LogP contribution in [0, 0.1) is 0 Å². The zero-order chi connectivity index (χ0) is 13.1. The van der Waals surface area contributed by atoms with Crippen LogP contribution in [0.4, 0.5) is 0 Å². The van der Waals surface area contributed by atoms with Crippen LogP contribution >= 0.6 is 0 Å². The SMILES string of the molecule is O=c1[nH]c2ccccc2nc1C[C@H](O)[C@H](O)CO. The van der Waals surface area contributed by atoms with Crippen LogP contribution in [0.2, 0.25) is 0 Å². The molecule has 6 nitrogen and oxygen atoms in total. The Morgan fingerprint density at radius 1 is 1.22 bits per heavy atom. The van der Waals surface area contributed by atoms with Gasteiger partial charge in [-0.05, 0) is 12.1 Å². The minimum atomic E-state index is -1.28. The van der Waals surface area contributed by atoms with Crippen LogP contribution in [0.3, 0.4) is 0 Å². The molecular weight excluding hydrogens is 236 g/mol. The summed E-state index contributed by atoms with van der Waals surface area (Å²) >= 11 is 0. The van der Waals surface area contributed by atoms with Crippen molar-refractivity contribution < 1.29 is 15.3 Å². The Labute approximate surface area is 103 Å². The van der Waals surface area contributed by atoms with E-state index in [1.165, 1.54) is 0 Å². The average molecular weight is 250 g/mol. The van der Waals surface area contributed by atoms with Gasteiger partial charge in [-0.25, -0.2) is 4.98 Å². The van der Waals surface area contributed by atoms with Gasteiger partial charge in [0, 0.05) is 6.42 Å². The number of benzene rings is 1. The fraction of sp³-hybridized carbons (Fsp3) is 0.333. The van der Waals surface area contributed by atoms with Gasteiger partial charge >= 0.3 is 0 Å². The van der Waals surface area contributed by atoms with Crippen LogP contribution in [0.25, 0.3) is 11.0 Å². The van der Waals surface area contributed by atoms with Crippen molar-refractivity contribution in [3.8, 4) is 0 Å². The van der Waals surface area contributed by atoms with Gasteiger partial charge < -0.3 is 20.3 Å². The standard InChI is InChI=1S/C12H14N2O4/c15-6-11(17)10(16)5-9-12(18)14-8-4-2-1-3-7(8)13-9/h1-4,10-11,15-17H,5-6H2,(H,14,18)/t10-,11+/m0/s1. The number of rotatable bonds is 4. The first-order chi connectivity index (χ1) is 8.61. The van der Waals surface area contributed by atoms with E-state index < -0.39 is 24.4 Å². The fourth-order valence-corrected chi connectivity index (χ4v) is 1.66. The minimum absolute atomic E-state index is 0.109. The van der Waals surface area contributed by atoms with Crippen LogP contribution in [0.5, 0.6) is 0 Å². The molecule has 1 heterocycles. The molecule has 4 N–H and O–H groups in total. The van der Waals surface area contributed by atoms with Crippen molar-refractivity contribution in [1.82, 2.24) is 9.97 Å². The molecule has 0 fully saturated rings. The maximum Gasteiger partial charge on any atom is 0.270 e. The van der Waals surface area contributed by atoms with Crippen molar-refractivity contribution in [3.63, 3.8) is 0 Å². The highest BCUT2D eigenvalue weighted by Crippen LogP contribution is 2.07. The number of aromatic amines is 1. The summed E-state index contributed by atoms with van der Waals surface area (Å²) in [5.41, 5.74) is 0.952. The first kappa shape index (κ1) is 12.7. The lowest BCUT2D eigenvalue weighted by molar-refractivity contribution is -0.0137. The number of aliphatic hydroxyl groups is 3. The molecule has 0 spiro atoms. The molecule has 0 unspecified atom stereocenters. The summed E-state index contributed by atoms with van der Waals surface area (Å²) in [5.74, 6) is 0. The van der Waals surface area contributed by atoms with Crippen LogP contribution in [-0.4, -0.2) is 44.1 Å². The topological polar surface area (TPSA) is 106 Å². The van der Waals surface area contributed by atoms with Gasteiger partial charge in [0.25, 0.3) is 5.56 Å². The van der Waals surface area contributed by atoms with E-state index in [4.69, 9.17) is 5.11 Å². The highest BCUT2D eigenvalue weighted by molar-refractivity contribution is 5.73. The number of hydrogen-bond donors (Lipinski definition) is 4. The highest BCUT2D eigenvalue weighted by atomic mass is 16.4. The predicted molar refractivity (Wildman–Crippen MR) is 65.2 cm³/mol. The molecule has 0 aliphatic rings. The second-order valence-electron chi connectivity index (χ2n) is 4.05. The molecule has 0 aliphatic carbocycles. The quantitative estimate of drug-likeness (QED) is 0.567. The van der Waals surface area contributed by atoms with Crippen LogP contribution in [0.15, 0.2) is 29.1 Å². The molecular formula is C12H14N2O4. The van der Waals surface area contributed by atoms with Crippen molar-refractivity contribution in [2.75, 3.05) is 6.61 Å². The molecule has 0 amide bonds. The van der Waals surface area contributed by atoms with Gasteiger partial charge in [-0.3, -0.25) is 4.79 Å².